The SMILES string of the molecule is COC(=O)C1=C(C)N=c2s/c(=C\c3c(C)nn(-c4ccccc4)c3C)c(=O)n2C1c1ccc(N(C)C)cc1. The van der Waals surface area contributed by atoms with Crippen LogP contribution in [0.15, 0.2) is 75.7 Å². The molecule has 38 heavy (non-hydrogen) atoms. The molecule has 1 unspecified atom stereocenters. The third-order valence-electron chi connectivity index (χ3n) is 6.78. The lowest BCUT2D eigenvalue weighted by molar-refractivity contribution is -0.136. The molecule has 0 spiro atoms. The van der Waals surface area contributed by atoms with Crippen molar-refractivity contribution in [2.24, 2.45) is 4.99 Å². The average Bonchev–Trinajstić information content (AvgIpc) is 3.38. The first-order chi connectivity index (χ1) is 18.2. The third-order valence-corrected chi connectivity index (χ3v) is 7.76. The van der Waals surface area contributed by atoms with Gasteiger partial charge in [0.25, 0.3) is 5.56 Å². The second kappa shape index (κ2) is 9.90. The molecule has 0 saturated carbocycles. The van der Waals surface area contributed by atoms with E-state index in [1.54, 1.807) is 11.5 Å². The van der Waals surface area contributed by atoms with Gasteiger partial charge in [-0.25, -0.2) is 14.5 Å². The van der Waals surface area contributed by atoms with Gasteiger partial charge in [0.15, 0.2) is 4.80 Å². The largest absolute Gasteiger partial charge is 0.466 e. The zero-order valence-corrected chi connectivity index (χ0v) is 23.0. The van der Waals surface area contributed by atoms with E-state index in [0.717, 1.165) is 33.9 Å². The Balaban J connectivity index is 1.70. The fraction of sp³-hybridized carbons (Fsp3) is 0.241. The van der Waals surface area contributed by atoms with Gasteiger partial charge in [0.2, 0.25) is 0 Å². The summed E-state index contributed by atoms with van der Waals surface area (Å²) in [6.45, 7) is 5.71. The first-order valence-corrected chi connectivity index (χ1v) is 13.0. The Morgan fingerprint density at radius 1 is 1.05 bits per heavy atom. The number of hydrogen-bond acceptors (Lipinski definition) is 7. The van der Waals surface area contributed by atoms with Gasteiger partial charge in [-0.2, -0.15) is 5.10 Å². The second-order valence-electron chi connectivity index (χ2n) is 9.39. The highest BCUT2D eigenvalue weighted by atomic mass is 32.1. The van der Waals surface area contributed by atoms with Gasteiger partial charge in [-0.1, -0.05) is 41.7 Å². The maximum atomic E-state index is 13.9. The Morgan fingerprint density at radius 2 is 1.74 bits per heavy atom. The molecule has 9 heteroatoms. The summed E-state index contributed by atoms with van der Waals surface area (Å²) in [5, 5.41) is 4.72. The number of para-hydroxylation sites is 1. The zero-order valence-electron chi connectivity index (χ0n) is 22.2. The van der Waals surface area contributed by atoms with Crippen LogP contribution in [0.2, 0.25) is 0 Å². The van der Waals surface area contributed by atoms with E-state index in [4.69, 9.17) is 9.84 Å². The first kappa shape index (κ1) is 25.4. The van der Waals surface area contributed by atoms with Gasteiger partial charge in [-0.3, -0.25) is 9.36 Å². The van der Waals surface area contributed by atoms with Crippen LogP contribution < -0.4 is 19.8 Å². The van der Waals surface area contributed by atoms with Crippen molar-refractivity contribution in [1.29, 1.82) is 0 Å². The molecule has 194 valence electrons. The topological polar surface area (TPSA) is 81.7 Å². The minimum absolute atomic E-state index is 0.212. The Kier molecular flexibility index (Phi) is 6.62. The molecule has 4 aromatic rings. The van der Waals surface area contributed by atoms with Crippen molar-refractivity contribution in [3.8, 4) is 5.69 Å². The summed E-state index contributed by atoms with van der Waals surface area (Å²) in [4.78, 5) is 34.0. The molecule has 2 aromatic carbocycles. The van der Waals surface area contributed by atoms with Crippen molar-refractivity contribution in [3.63, 3.8) is 0 Å². The number of ether oxygens (including phenoxy) is 1. The second-order valence-corrected chi connectivity index (χ2v) is 10.4. The van der Waals surface area contributed by atoms with E-state index >= 15 is 0 Å². The number of aryl methyl sites for hydroxylation is 1. The highest BCUT2D eigenvalue weighted by Crippen LogP contribution is 2.31. The number of hydrogen-bond donors (Lipinski definition) is 0. The maximum Gasteiger partial charge on any atom is 0.338 e. The molecule has 0 fully saturated rings. The van der Waals surface area contributed by atoms with Crippen LogP contribution >= 0.6 is 11.3 Å². The molecule has 2 aromatic heterocycles. The molecule has 1 aliphatic heterocycles. The number of allylic oxidation sites excluding steroid dienone is 1. The number of fused-ring (bicyclic) bond motifs is 1. The van der Waals surface area contributed by atoms with Crippen molar-refractivity contribution in [2.45, 2.75) is 26.8 Å². The van der Waals surface area contributed by atoms with E-state index in [-0.39, 0.29) is 5.56 Å². The summed E-state index contributed by atoms with van der Waals surface area (Å²) in [7, 11) is 5.27. The molecular weight excluding hydrogens is 498 g/mol. The molecule has 3 heterocycles. The van der Waals surface area contributed by atoms with E-state index in [1.807, 2.05) is 98.2 Å². The van der Waals surface area contributed by atoms with E-state index < -0.39 is 12.0 Å². The van der Waals surface area contributed by atoms with Crippen LogP contribution in [-0.4, -0.2) is 41.5 Å². The summed E-state index contributed by atoms with van der Waals surface area (Å²) in [6, 6.07) is 17.1. The number of thiazole rings is 1. The molecule has 8 nitrogen and oxygen atoms in total. The van der Waals surface area contributed by atoms with Crippen LogP contribution in [0.1, 0.15) is 35.5 Å². The number of rotatable bonds is 5. The van der Waals surface area contributed by atoms with E-state index in [9.17, 15) is 9.59 Å². The number of carbonyl (C=O) groups excluding carboxylic acids is 1. The monoisotopic (exact) mass is 527 g/mol. The summed E-state index contributed by atoms with van der Waals surface area (Å²) >= 11 is 1.31. The van der Waals surface area contributed by atoms with E-state index in [0.29, 0.717) is 20.6 Å². The Labute approximate surface area is 224 Å². The van der Waals surface area contributed by atoms with Crippen LogP contribution in [0.5, 0.6) is 0 Å². The molecule has 0 amide bonds. The lowest BCUT2D eigenvalue weighted by Gasteiger charge is -2.25. The number of esters is 1. The molecule has 1 atom stereocenters. The standard InChI is InChI=1S/C29H29N5O3S/c1-17-23(19(3)34(31-17)22-10-8-7-9-11-22)16-24-27(35)33-26(20-12-14-21(15-13-20)32(4)5)25(28(36)37-6)18(2)30-29(33)38-24/h7-16,26H,1-6H3/b24-16-. The van der Waals surface area contributed by atoms with Gasteiger partial charge in [-0.05, 0) is 56.7 Å². The number of nitrogens with zero attached hydrogens (tertiary/aromatic N) is 5. The first-order valence-electron chi connectivity index (χ1n) is 12.2. The Hall–Kier alpha value is -4.24. The number of benzene rings is 2. The summed E-state index contributed by atoms with van der Waals surface area (Å²) < 4.78 is 9.12. The van der Waals surface area contributed by atoms with E-state index in [1.165, 1.54) is 18.4 Å². The predicted molar refractivity (Wildman–Crippen MR) is 150 cm³/mol. The molecule has 0 radical (unpaired) electrons. The fourth-order valence-electron chi connectivity index (χ4n) is 4.78. The molecule has 1 aliphatic rings. The van der Waals surface area contributed by atoms with E-state index in [2.05, 4.69) is 4.99 Å². The highest BCUT2D eigenvalue weighted by molar-refractivity contribution is 7.07. The van der Waals surface area contributed by atoms with Crippen molar-refractivity contribution < 1.29 is 9.53 Å². The van der Waals surface area contributed by atoms with Crippen molar-refractivity contribution in [3.05, 3.63) is 108 Å². The molecule has 0 aliphatic carbocycles. The van der Waals surface area contributed by atoms with Gasteiger partial charge in [0.1, 0.15) is 0 Å². The number of methoxy groups -OCH3 is 1. The molecule has 5 rings (SSSR count). The molecule has 0 N–H and O–H groups in total. The van der Waals surface area contributed by atoms with Gasteiger partial charge < -0.3 is 9.64 Å². The van der Waals surface area contributed by atoms with Crippen LogP contribution in [-0.2, 0) is 9.53 Å². The average molecular weight is 528 g/mol. The minimum Gasteiger partial charge on any atom is -0.466 e. The summed E-state index contributed by atoms with van der Waals surface area (Å²) in [6.07, 6.45) is 1.88. The smallest absolute Gasteiger partial charge is 0.338 e. The van der Waals surface area contributed by atoms with Crippen LogP contribution in [0.3, 0.4) is 0 Å². The van der Waals surface area contributed by atoms with Crippen molar-refractivity contribution in [2.75, 3.05) is 26.1 Å². The fourth-order valence-corrected chi connectivity index (χ4v) is 5.81. The number of aromatic nitrogens is 3. The zero-order chi connectivity index (χ0) is 27.1. The van der Waals surface area contributed by atoms with Gasteiger partial charge in [0.05, 0.1) is 40.3 Å². The third kappa shape index (κ3) is 4.28. The lowest BCUT2D eigenvalue weighted by Crippen LogP contribution is -2.39. The van der Waals surface area contributed by atoms with Crippen LogP contribution in [0, 0.1) is 13.8 Å². The maximum absolute atomic E-state index is 13.9. The van der Waals surface area contributed by atoms with Crippen molar-refractivity contribution >= 4 is 29.1 Å². The number of anilines is 1. The van der Waals surface area contributed by atoms with Crippen LogP contribution in [0.4, 0.5) is 5.69 Å². The quantitative estimate of drug-likeness (QED) is 0.372. The number of carbonyl (C=O) groups is 1. The molecular formula is C29H29N5O3S. The summed E-state index contributed by atoms with van der Waals surface area (Å²) in [5.74, 6) is -0.502. The van der Waals surface area contributed by atoms with Gasteiger partial charge in [0, 0.05) is 31.0 Å². The van der Waals surface area contributed by atoms with Gasteiger partial charge >= 0.3 is 5.97 Å². The van der Waals surface area contributed by atoms with Crippen molar-refractivity contribution in [1.82, 2.24) is 14.3 Å². The lowest BCUT2D eigenvalue weighted by atomic mass is 9.95. The Morgan fingerprint density at radius 3 is 2.37 bits per heavy atom. The molecule has 0 saturated heterocycles. The van der Waals surface area contributed by atoms with Gasteiger partial charge in [-0.15, -0.1) is 0 Å². The van der Waals surface area contributed by atoms with Crippen LogP contribution in [0.25, 0.3) is 11.8 Å². The minimum atomic E-state index is -0.647. The normalized spacial score (nSPS) is 15.3. The highest BCUT2D eigenvalue weighted by Gasteiger charge is 2.33. The predicted octanol–water partition coefficient (Wildman–Crippen LogP) is 3.28. The Bertz CT molecular complexity index is 1740. The molecule has 0 bridgehead atoms. The summed E-state index contributed by atoms with van der Waals surface area (Å²) in [5.41, 5.74) is 6.09.